The number of halogens is 1. The van der Waals surface area contributed by atoms with Crippen molar-refractivity contribution in [2.24, 2.45) is 0 Å². The van der Waals surface area contributed by atoms with Crippen LogP contribution in [0.15, 0.2) is 53.7 Å². The largest absolute Gasteiger partial charge is 0.378 e. The molecule has 0 aliphatic carbocycles. The predicted molar refractivity (Wildman–Crippen MR) is 101 cm³/mol. The number of anilines is 1. The Balaban J connectivity index is 1.89. The van der Waals surface area contributed by atoms with E-state index in [0.717, 1.165) is 17.2 Å². The standard InChI is InChI=1S/C18H16ClN5S/c1-13-5-7-15(8-6-13)21-12-17-22-23-18(25-10-9-20)24(17)16-4-2-3-14(19)11-16/h2-8,11,21H,10,12H2,1H3. The molecule has 0 saturated heterocycles. The molecule has 126 valence electrons. The number of nitrogens with one attached hydrogen (secondary N) is 1. The van der Waals surface area contributed by atoms with Crippen molar-refractivity contribution in [3.63, 3.8) is 0 Å². The first kappa shape index (κ1) is 17.3. The molecule has 1 aromatic heterocycles. The number of rotatable bonds is 6. The molecule has 0 aliphatic heterocycles. The number of aromatic nitrogens is 3. The molecular weight excluding hydrogens is 354 g/mol. The van der Waals surface area contributed by atoms with E-state index in [1.807, 2.05) is 41.0 Å². The fourth-order valence-electron chi connectivity index (χ4n) is 2.33. The highest BCUT2D eigenvalue weighted by Crippen LogP contribution is 2.24. The molecule has 1 N–H and O–H groups in total. The third-order valence-corrected chi connectivity index (χ3v) is 4.57. The van der Waals surface area contributed by atoms with Crippen LogP contribution >= 0.6 is 23.4 Å². The molecule has 0 spiro atoms. The van der Waals surface area contributed by atoms with Crippen LogP contribution in [-0.4, -0.2) is 20.5 Å². The lowest BCUT2D eigenvalue weighted by Crippen LogP contribution is -2.08. The van der Waals surface area contributed by atoms with Gasteiger partial charge in [0.25, 0.3) is 0 Å². The van der Waals surface area contributed by atoms with Gasteiger partial charge in [0, 0.05) is 10.7 Å². The quantitative estimate of drug-likeness (QED) is 0.650. The topological polar surface area (TPSA) is 66.5 Å². The summed E-state index contributed by atoms with van der Waals surface area (Å²) < 4.78 is 1.93. The summed E-state index contributed by atoms with van der Waals surface area (Å²) in [6.07, 6.45) is 0. The van der Waals surface area contributed by atoms with Crippen molar-refractivity contribution in [1.29, 1.82) is 5.26 Å². The normalized spacial score (nSPS) is 10.4. The van der Waals surface area contributed by atoms with Gasteiger partial charge in [0.05, 0.1) is 24.1 Å². The predicted octanol–water partition coefficient (Wildman–Crippen LogP) is 4.46. The SMILES string of the molecule is Cc1ccc(NCc2nnc(SCC#N)n2-c2cccc(Cl)c2)cc1. The van der Waals surface area contributed by atoms with Crippen LogP contribution in [0.2, 0.25) is 5.02 Å². The highest BCUT2D eigenvalue weighted by Gasteiger charge is 2.14. The molecular formula is C18H16ClN5S. The molecule has 7 heteroatoms. The van der Waals surface area contributed by atoms with Crippen LogP contribution < -0.4 is 5.32 Å². The zero-order valence-corrected chi connectivity index (χ0v) is 15.2. The van der Waals surface area contributed by atoms with Crippen molar-refractivity contribution in [2.45, 2.75) is 18.6 Å². The average Bonchev–Trinajstić information content (AvgIpc) is 3.02. The van der Waals surface area contributed by atoms with Crippen LogP contribution in [0.4, 0.5) is 5.69 Å². The molecule has 0 aliphatic rings. The van der Waals surface area contributed by atoms with E-state index in [1.165, 1.54) is 17.3 Å². The molecule has 0 atom stereocenters. The smallest absolute Gasteiger partial charge is 0.196 e. The minimum Gasteiger partial charge on any atom is -0.378 e. The van der Waals surface area contributed by atoms with Gasteiger partial charge in [-0.25, -0.2) is 0 Å². The zero-order valence-electron chi connectivity index (χ0n) is 13.6. The van der Waals surface area contributed by atoms with Crippen LogP contribution in [-0.2, 0) is 6.54 Å². The molecule has 1 heterocycles. The van der Waals surface area contributed by atoms with Gasteiger partial charge in [0.2, 0.25) is 0 Å². The van der Waals surface area contributed by atoms with E-state index in [-0.39, 0.29) is 0 Å². The maximum Gasteiger partial charge on any atom is 0.196 e. The van der Waals surface area contributed by atoms with Gasteiger partial charge in [-0.1, -0.05) is 47.1 Å². The second-order valence-corrected chi connectivity index (χ2v) is 6.76. The maximum absolute atomic E-state index is 8.85. The number of thioether (sulfide) groups is 1. The summed E-state index contributed by atoms with van der Waals surface area (Å²) in [6, 6.07) is 17.8. The van der Waals surface area contributed by atoms with E-state index >= 15 is 0 Å². The molecule has 0 fully saturated rings. The molecule has 3 aromatic rings. The molecule has 25 heavy (non-hydrogen) atoms. The number of nitriles is 1. The van der Waals surface area contributed by atoms with Crippen molar-refractivity contribution in [3.8, 4) is 11.8 Å². The van der Waals surface area contributed by atoms with Crippen LogP contribution in [0.3, 0.4) is 0 Å². The highest BCUT2D eigenvalue weighted by atomic mass is 35.5. The molecule has 5 nitrogen and oxygen atoms in total. The average molecular weight is 370 g/mol. The Bertz CT molecular complexity index is 899. The van der Waals surface area contributed by atoms with Gasteiger partial charge in [-0.05, 0) is 37.3 Å². The lowest BCUT2D eigenvalue weighted by molar-refractivity contribution is 0.842. The summed E-state index contributed by atoms with van der Waals surface area (Å²) in [6.45, 7) is 2.56. The first-order valence-electron chi connectivity index (χ1n) is 7.68. The number of hydrogen-bond acceptors (Lipinski definition) is 5. The Morgan fingerprint density at radius 1 is 1.20 bits per heavy atom. The molecule has 0 radical (unpaired) electrons. The van der Waals surface area contributed by atoms with Crippen molar-refractivity contribution in [3.05, 3.63) is 64.9 Å². The molecule has 3 rings (SSSR count). The van der Waals surface area contributed by atoms with Crippen LogP contribution in [0, 0.1) is 18.3 Å². The third kappa shape index (κ3) is 4.32. The van der Waals surface area contributed by atoms with Crippen LogP contribution in [0.25, 0.3) is 5.69 Å². The molecule has 0 unspecified atom stereocenters. The molecule has 0 amide bonds. The van der Waals surface area contributed by atoms with Crippen LogP contribution in [0.1, 0.15) is 11.4 Å². The summed E-state index contributed by atoms with van der Waals surface area (Å²) in [5, 5.41) is 22.0. The van der Waals surface area contributed by atoms with Crippen molar-refractivity contribution < 1.29 is 0 Å². The minimum atomic E-state index is 0.310. The first-order valence-corrected chi connectivity index (χ1v) is 9.04. The number of nitrogens with zero attached hydrogens (tertiary/aromatic N) is 4. The Labute approximate surface area is 155 Å². The second kappa shape index (κ2) is 8.06. The number of hydrogen-bond donors (Lipinski definition) is 1. The van der Waals surface area contributed by atoms with Gasteiger partial charge in [-0.2, -0.15) is 5.26 Å². The number of benzene rings is 2. The van der Waals surface area contributed by atoms with E-state index in [1.54, 1.807) is 0 Å². The second-order valence-electron chi connectivity index (χ2n) is 5.38. The Morgan fingerprint density at radius 3 is 2.72 bits per heavy atom. The minimum absolute atomic E-state index is 0.310. The fraction of sp³-hybridized carbons (Fsp3) is 0.167. The van der Waals surface area contributed by atoms with E-state index in [2.05, 4.69) is 40.6 Å². The van der Waals surface area contributed by atoms with Gasteiger partial charge in [-0.15, -0.1) is 10.2 Å². The van der Waals surface area contributed by atoms with Crippen LogP contribution in [0.5, 0.6) is 0 Å². The van der Waals surface area contributed by atoms with Gasteiger partial charge < -0.3 is 5.32 Å². The molecule has 2 aromatic carbocycles. The highest BCUT2D eigenvalue weighted by molar-refractivity contribution is 7.99. The maximum atomic E-state index is 8.85. The Hall–Kier alpha value is -2.49. The summed E-state index contributed by atoms with van der Waals surface area (Å²) in [5.74, 6) is 1.06. The number of aryl methyl sites for hydroxylation is 1. The van der Waals surface area contributed by atoms with Gasteiger partial charge in [0.1, 0.15) is 0 Å². The Morgan fingerprint density at radius 2 is 2.00 bits per heavy atom. The van der Waals surface area contributed by atoms with Gasteiger partial charge >= 0.3 is 0 Å². The zero-order chi connectivity index (χ0) is 17.6. The molecule has 0 bridgehead atoms. The summed E-state index contributed by atoms with van der Waals surface area (Å²) in [5.41, 5.74) is 3.10. The molecule has 0 saturated carbocycles. The van der Waals surface area contributed by atoms with E-state index < -0.39 is 0 Å². The first-order chi connectivity index (χ1) is 12.2. The van der Waals surface area contributed by atoms with E-state index in [0.29, 0.717) is 22.5 Å². The van der Waals surface area contributed by atoms with Crippen molar-refractivity contribution in [2.75, 3.05) is 11.1 Å². The van der Waals surface area contributed by atoms with Gasteiger partial charge in [-0.3, -0.25) is 4.57 Å². The summed E-state index contributed by atoms with van der Waals surface area (Å²) in [7, 11) is 0. The summed E-state index contributed by atoms with van der Waals surface area (Å²) in [4.78, 5) is 0. The van der Waals surface area contributed by atoms with Gasteiger partial charge in [0.15, 0.2) is 11.0 Å². The monoisotopic (exact) mass is 369 g/mol. The van der Waals surface area contributed by atoms with E-state index in [9.17, 15) is 0 Å². The van der Waals surface area contributed by atoms with Crippen molar-refractivity contribution >= 4 is 29.1 Å². The third-order valence-electron chi connectivity index (χ3n) is 3.53. The van der Waals surface area contributed by atoms with Crippen molar-refractivity contribution in [1.82, 2.24) is 14.8 Å². The van der Waals surface area contributed by atoms with E-state index in [4.69, 9.17) is 16.9 Å². The lowest BCUT2D eigenvalue weighted by Gasteiger charge is -2.11. The lowest BCUT2D eigenvalue weighted by atomic mass is 10.2. The Kier molecular flexibility index (Phi) is 5.59. The summed E-state index contributed by atoms with van der Waals surface area (Å²) >= 11 is 7.48. The fourth-order valence-corrected chi connectivity index (χ4v) is 3.15.